The Hall–Kier alpha value is -19.9. The molecule has 0 radical (unpaired) electrons. The van der Waals surface area contributed by atoms with E-state index in [1.54, 1.807) is 0 Å². The molecule has 0 amide bonds. The standard InChI is InChI=1S/3C48H32N2/c1-5-13-33(14-6-1)35-21-25-45-41(29-35)43-31-37(23-27-47(43)49(45)39-17-9-3-10-18-39)38-24-28-48-44(32-38)42-30-36(34-15-7-2-8-16-34)22-26-46(42)50(48)40-19-11-4-12-20-40;1-4-12-33(13-5-1)35-20-25-40(26-21-35)50-45-19-11-10-18-41(45)42-31-37(23-28-46(42)50)38-24-29-48-44(32-38)43-30-36(34-14-6-2-7-15-34)22-27-47(43)49(48)39-16-8-3-9-17-39;1-4-12-33(13-5-1)35-20-25-40(26-21-35)50-47-27-22-36(34-14-6-2-7-15-34)30-43(47)44-32-38(24-29-48(44)50)37-23-28-46-42(31-37)41-18-10-11-19-45(41)49(46)39-16-8-3-9-17-39/h3*1-32H. The fraction of sp³-hybridized carbons (Fsp3) is 0. The number of benzene rings is 24. The molecule has 0 spiro atoms. The summed E-state index contributed by atoms with van der Waals surface area (Å²) in [7, 11) is 0. The van der Waals surface area contributed by atoms with Crippen molar-refractivity contribution < 1.29 is 0 Å². The number of nitrogens with zero attached hydrogens (tertiary/aromatic N) is 6. The van der Waals surface area contributed by atoms with Gasteiger partial charge < -0.3 is 27.4 Å². The molecule has 0 aliphatic rings. The molecule has 0 unspecified atom stereocenters. The fourth-order valence-corrected chi connectivity index (χ4v) is 23.2. The van der Waals surface area contributed by atoms with Gasteiger partial charge in [0.2, 0.25) is 0 Å². The first kappa shape index (κ1) is 87.8. The monoisotopic (exact) mass is 1910 g/mol. The van der Waals surface area contributed by atoms with Crippen molar-refractivity contribution in [2.75, 3.05) is 0 Å². The molecule has 6 nitrogen and oxygen atoms in total. The second-order valence-corrected chi connectivity index (χ2v) is 39.0. The molecule has 30 rings (SSSR count). The van der Waals surface area contributed by atoms with Crippen LogP contribution in [0.4, 0.5) is 0 Å². The second kappa shape index (κ2) is 37.4. The van der Waals surface area contributed by atoms with Gasteiger partial charge in [0.15, 0.2) is 0 Å². The van der Waals surface area contributed by atoms with Gasteiger partial charge in [0, 0.05) is 98.8 Å². The minimum absolute atomic E-state index is 1.15. The number of aromatic nitrogens is 6. The summed E-state index contributed by atoms with van der Waals surface area (Å²) in [5.74, 6) is 0. The SMILES string of the molecule is c1ccc(-c2ccc(-n3c4ccc(-c5ccccc5)cc4c4cc(-c5ccc6c(c5)c5ccccc5n6-c5ccccc5)ccc43)cc2)cc1.c1ccc(-c2ccc(-n3c4ccccc4c4cc(-c5ccc6c(c5)c5cc(-c7ccccc7)ccc5n6-c5ccccc5)ccc43)cc2)cc1.c1ccc(-c2ccc3c(c2)c2cc(-c4ccc5c(c4)c4cc(-c6ccccc6)ccc4n5-c4ccccc4)ccc2n3-c2ccccc2)cc1. The highest BCUT2D eigenvalue weighted by Crippen LogP contribution is 2.47. The van der Waals surface area contributed by atoms with E-state index in [4.69, 9.17) is 0 Å². The van der Waals surface area contributed by atoms with Gasteiger partial charge in [0.05, 0.1) is 66.2 Å². The molecular weight excluding hydrogens is 1810 g/mol. The summed E-state index contributed by atoms with van der Waals surface area (Å²) in [5.41, 5.74) is 43.4. The highest BCUT2D eigenvalue weighted by Gasteiger charge is 2.25. The number of hydrogen-bond acceptors (Lipinski definition) is 0. The van der Waals surface area contributed by atoms with Crippen molar-refractivity contribution >= 4 is 131 Å². The Labute approximate surface area is 868 Å². The molecule has 150 heavy (non-hydrogen) atoms. The van der Waals surface area contributed by atoms with E-state index < -0.39 is 0 Å². The lowest BCUT2D eigenvalue weighted by molar-refractivity contribution is 1.18. The highest BCUT2D eigenvalue weighted by molar-refractivity contribution is 6.18. The number of fused-ring (bicyclic) bond motifs is 18. The van der Waals surface area contributed by atoms with E-state index >= 15 is 0 Å². The van der Waals surface area contributed by atoms with Crippen molar-refractivity contribution in [2.24, 2.45) is 0 Å². The van der Waals surface area contributed by atoms with E-state index in [0.717, 1.165) is 22.7 Å². The van der Waals surface area contributed by atoms with Crippen molar-refractivity contribution in [1.29, 1.82) is 0 Å². The topological polar surface area (TPSA) is 29.6 Å². The Morgan fingerprint density at radius 2 is 0.187 bits per heavy atom. The molecule has 0 aliphatic carbocycles. The van der Waals surface area contributed by atoms with E-state index in [0.29, 0.717) is 0 Å². The molecule has 24 aromatic carbocycles. The van der Waals surface area contributed by atoms with Crippen molar-refractivity contribution in [3.05, 3.63) is 582 Å². The average Bonchev–Trinajstić information content (AvgIpc) is 1.59. The molecule has 0 N–H and O–H groups in total. The normalized spacial score (nSPS) is 11.6. The lowest BCUT2D eigenvalue weighted by Gasteiger charge is -2.10. The number of rotatable bonds is 15. The molecule has 0 aliphatic heterocycles. The third kappa shape index (κ3) is 15.6. The first-order valence-corrected chi connectivity index (χ1v) is 51.6. The van der Waals surface area contributed by atoms with Crippen LogP contribution in [0.5, 0.6) is 0 Å². The summed E-state index contributed by atoms with van der Waals surface area (Å²) in [4.78, 5) is 0. The number of hydrogen-bond donors (Lipinski definition) is 0. The van der Waals surface area contributed by atoms with Gasteiger partial charge in [-0.2, -0.15) is 0 Å². The fourth-order valence-electron chi connectivity index (χ4n) is 23.2. The van der Waals surface area contributed by atoms with Crippen LogP contribution in [0.3, 0.4) is 0 Å². The van der Waals surface area contributed by atoms with Crippen molar-refractivity contribution in [1.82, 2.24) is 27.4 Å². The molecule has 702 valence electrons. The molecule has 30 aromatic rings. The lowest BCUT2D eigenvalue weighted by Crippen LogP contribution is -1.94. The molecular formula is C144H96N6. The summed E-state index contributed by atoms with van der Waals surface area (Å²) >= 11 is 0. The molecule has 6 heterocycles. The number of para-hydroxylation sites is 6. The summed E-state index contributed by atoms with van der Waals surface area (Å²) in [5, 5.41) is 15.0. The molecule has 0 saturated carbocycles. The lowest BCUT2D eigenvalue weighted by atomic mass is 9.98. The van der Waals surface area contributed by atoms with Crippen LogP contribution in [0, 0.1) is 0 Å². The van der Waals surface area contributed by atoms with Crippen LogP contribution in [0.1, 0.15) is 0 Å². The van der Waals surface area contributed by atoms with E-state index in [2.05, 4.69) is 610 Å². The first-order chi connectivity index (χ1) is 74.4. The van der Waals surface area contributed by atoms with E-state index in [1.807, 2.05) is 0 Å². The molecule has 0 bridgehead atoms. The second-order valence-electron chi connectivity index (χ2n) is 39.0. The van der Waals surface area contributed by atoms with Crippen LogP contribution in [-0.2, 0) is 0 Å². The van der Waals surface area contributed by atoms with Crippen molar-refractivity contribution in [3.63, 3.8) is 0 Å². The van der Waals surface area contributed by atoms with Crippen LogP contribution in [0.25, 0.3) is 265 Å². The van der Waals surface area contributed by atoms with E-state index in [9.17, 15) is 0 Å². The average molecular weight is 1910 g/mol. The molecule has 6 heteroatoms. The van der Waals surface area contributed by atoms with Crippen LogP contribution < -0.4 is 0 Å². The summed E-state index contributed by atoms with van der Waals surface area (Å²) in [6.45, 7) is 0. The molecule has 0 atom stereocenters. The first-order valence-electron chi connectivity index (χ1n) is 51.6. The third-order valence-corrected chi connectivity index (χ3v) is 30.4. The van der Waals surface area contributed by atoms with Crippen LogP contribution >= 0.6 is 0 Å². The predicted octanol–water partition coefficient (Wildman–Crippen LogP) is 38.6. The van der Waals surface area contributed by atoms with Crippen molar-refractivity contribution in [3.8, 4) is 134 Å². The quantitative estimate of drug-likeness (QED) is 0.0979. The smallest absolute Gasteiger partial charge is 0.0541 e. The van der Waals surface area contributed by atoms with Gasteiger partial charge in [-0.05, 0) is 306 Å². The minimum atomic E-state index is 1.15. The third-order valence-electron chi connectivity index (χ3n) is 30.4. The van der Waals surface area contributed by atoms with Gasteiger partial charge >= 0.3 is 0 Å². The predicted molar refractivity (Wildman–Crippen MR) is 634 cm³/mol. The van der Waals surface area contributed by atoms with Gasteiger partial charge in [0.1, 0.15) is 0 Å². The maximum absolute atomic E-state index is 2.41. The maximum Gasteiger partial charge on any atom is 0.0541 e. The summed E-state index contributed by atoms with van der Waals surface area (Å²) < 4.78 is 14.4. The summed E-state index contributed by atoms with van der Waals surface area (Å²) in [6, 6.07) is 211. The zero-order valence-electron chi connectivity index (χ0n) is 82.1. The Kier molecular flexibility index (Phi) is 21.9. The van der Waals surface area contributed by atoms with E-state index in [1.165, 1.54) is 242 Å². The molecule has 0 fully saturated rings. The largest absolute Gasteiger partial charge is 0.309 e. The van der Waals surface area contributed by atoms with Gasteiger partial charge in [-0.1, -0.05) is 376 Å². The Morgan fingerprint density at radius 1 is 0.0733 bits per heavy atom. The minimum Gasteiger partial charge on any atom is -0.309 e. The maximum atomic E-state index is 2.41. The van der Waals surface area contributed by atoms with Crippen LogP contribution in [0.2, 0.25) is 0 Å². The van der Waals surface area contributed by atoms with Gasteiger partial charge in [-0.25, -0.2) is 0 Å². The van der Waals surface area contributed by atoms with Gasteiger partial charge in [-0.3, -0.25) is 0 Å². The van der Waals surface area contributed by atoms with Gasteiger partial charge in [0.25, 0.3) is 0 Å². The summed E-state index contributed by atoms with van der Waals surface area (Å²) in [6.07, 6.45) is 0. The zero-order valence-corrected chi connectivity index (χ0v) is 82.1. The van der Waals surface area contributed by atoms with Crippen LogP contribution in [-0.4, -0.2) is 27.4 Å². The van der Waals surface area contributed by atoms with Gasteiger partial charge in [-0.15, -0.1) is 0 Å². The Balaban J connectivity index is 0.000000108. The van der Waals surface area contributed by atoms with E-state index in [-0.39, 0.29) is 0 Å². The highest BCUT2D eigenvalue weighted by atomic mass is 15.0. The van der Waals surface area contributed by atoms with Crippen molar-refractivity contribution in [2.45, 2.75) is 0 Å². The Morgan fingerprint density at radius 3 is 0.367 bits per heavy atom. The zero-order chi connectivity index (χ0) is 99.1. The Bertz CT molecular complexity index is 10200. The molecule has 0 saturated heterocycles. The molecule has 6 aromatic heterocycles. The van der Waals surface area contributed by atoms with Crippen LogP contribution in [0.15, 0.2) is 582 Å².